The van der Waals surface area contributed by atoms with Crippen LogP contribution in [-0.2, 0) is 11.2 Å². The van der Waals surface area contributed by atoms with Crippen molar-refractivity contribution in [3.63, 3.8) is 0 Å². The average molecular weight is 312 g/mol. The number of H-pyrrole nitrogens is 1. The minimum absolute atomic E-state index is 0.0427. The van der Waals surface area contributed by atoms with Crippen LogP contribution < -0.4 is 5.32 Å². The fraction of sp³-hybridized carbons (Fsp3) is 0.176. The van der Waals surface area contributed by atoms with E-state index in [1.165, 1.54) is 0 Å². The first kappa shape index (κ1) is 14.5. The summed E-state index contributed by atoms with van der Waals surface area (Å²) >= 11 is 5.02. The zero-order valence-electron chi connectivity index (χ0n) is 12.4. The Morgan fingerprint density at radius 3 is 2.73 bits per heavy atom. The van der Waals surface area contributed by atoms with E-state index in [-0.39, 0.29) is 5.91 Å². The second kappa shape index (κ2) is 5.77. The topological polar surface area (TPSA) is 58.0 Å². The van der Waals surface area contributed by atoms with E-state index in [4.69, 9.17) is 16.6 Å². The molecule has 0 fully saturated rings. The molecule has 0 saturated heterocycles. The predicted octanol–water partition coefficient (Wildman–Crippen LogP) is 4.29. The van der Waals surface area contributed by atoms with Crippen LogP contribution in [-0.4, -0.2) is 10.9 Å². The normalized spacial score (nSPS) is 10.8. The molecule has 1 amide bonds. The van der Waals surface area contributed by atoms with Crippen LogP contribution in [0.5, 0.6) is 0 Å². The van der Waals surface area contributed by atoms with Crippen molar-refractivity contribution < 1.29 is 9.21 Å². The van der Waals surface area contributed by atoms with Gasteiger partial charge in [-0.15, -0.1) is 0 Å². The number of aryl methyl sites for hydroxylation is 2. The summed E-state index contributed by atoms with van der Waals surface area (Å²) in [7, 11) is 0. The Morgan fingerprint density at radius 1 is 1.27 bits per heavy atom. The monoisotopic (exact) mass is 312 g/mol. The van der Waals surface area contributed by atoms with Gasteiger partial charge >= 0.3 is 0 Å². The van der Waals surface area contributed by atoms with Gasteiger partial charge in [0.05, 0.1) is 11.9 Å². The first-order valence-electron chi connectivity index (χ1n) is 7.01. The van der Waals surface area contributed by atoms with Crippen LogP contribution in [0.15, 0.2) is 40.8 Å². The van der Waals surface area contributed by atoms with E-state index < -0.39 is 0 Å². The standard InChI is InChI=1S/C17H16N2O2S/c1-10-8-13-16(19-17(22)21-13)11(2)15(10)18-14(20)9-12-6-4-3-5-7-12/h3-8H,9H2,1-2H3,(H,18,20)(H,19,22). The Morgan fingerprint density at radius 2 is 2.00 bits per heavy atom. The maximum absolute atomic E-state index is 12.3. The zero-order chi connectivity index (χ0) is 15.7. The number of benzene rings is 2. The van der Waals surface area contributed by atoms with Crippen molar-refractivity contribution >= 4 is 34.9 Å². The van der Waals surface area contributed by atoms with Crippen LogP contribution in [0, 0.1) is 18.7 Å². The maximum Gasteiger partial charge on any atom is 0.266 e. The van der Waals surface area contributed by atoms with Gasteiger partial charge in [-0.1, -0.05) is 30.3 Å². The van der Waals surface area contributed by atoms with Crippen LogP contribution >= 0.6 is 12.2 Å². The first-order chi connectivity index (χ1) is 10.5. The molecule has 0 saturated carbocycles. The third kappa shape index (κ3) is 2.80. The predicted molar refractivity (Wildman–Crippen MR) is 89.6 cm³/mol. The summed E-state index contributed by atoms with van der Waals surface area (Å²) in [6, 6.07) is 11.6. The van der Waals surface area contributed by atoms with Gasteiger partial charge in [0, 0.05) is 11.3 Å². The molecule has 0 aliphatic carbocycles. The second-order valence-corrected chi connectivity index (χ2v) is 5.66. The second-order valence-electron chi connectivity index (χ2n) is 5.29. The van der Waals surface area contributed by atoms with Gasteiger partial charge in [-0.25, -0.2) is 0 Å². The van der Waals surface area contributed by atoms with Gasteiger partial charge in [0.25, 0.3) is 4.84 Å². The molecule has 0 aliphatic rings. The minimum atomic E-state index is -0.0427. The number of hydrogen-bond donors (Lipinski definition) is 2. The Bertz CT molecular complexity index is 894. The summed E-state index contributed by atoms with van der Waals surface area (Å²) in [5, 5.41) is 2.99. The fourth-order valence-electron chi connectivity index (χ4n) is 2.57. The quantitative estimate of drug-likeness (QED) is 0.709. The zero-order valence-corrected chi connectivity index (χ0v) is 13.2. The Kier molecular flexibility index (Phi) is 3.81. The van der Waals surface area contributed by atoms with Gasteiger partial charge in [0.1, 0.15) is 0 Å². The van der Waals surface area contributed by atoms with Crippen molar-refractivity contribution in [2.24, 2.45) is 0 Å². The number of oxazole rings is 1. The van der Waals surface area contributed by atoms with Crippen LogP contribution in [0.3, 0.4) is 0 Å². The van der Waals surface area contributed by atoms with E-state index in [1.807, 2.05) is 50.2 Å². The van der Waals surface area contributed by atoms with Crippen LogP contribution in [0.25, 0.3) is 11.1 Å². The molecular weight excluding hydrogens is 296 g/mol. The number of carbonyl (C=O) groups excluding carboxylic acids is 1. The number of aromatic amines is 1. The lowest BCUT2D eigenvalue weighted by atomic mass is 10.1. The third-order valence-electron chi connectivity index (χ3n) is 3.64. The number of anilines is 1. The molecule has 3 rings (SSSR count). The average Bonchev–Trinajstić information content (AvgIpc) is 2.85. The maximum atomic E-state index is 12.3. The molecule has 0 bridgehead atoms. The molecule has 22 heavy (non-hydrogen) atoms. The van der Waals surface area contributed by atoms with Gasteiger partial charge < -0.3 is 14.7 Å². The molecule has 3 aromatic rings. The fourth-order valence-corrected chi connectivity index (χ4v) is 2.76. The molecule has 0 spiro atoms. The van der Waals surface area contributed by atoms with Crippen LogP contribution in [0.4, 0.5) is 5.69 Å². The smallest absolute Gasteiger partial charge is 0.266 e. The highest BCUT2D eigenvalue weighted by Crippen LogP contribution is 2.29. The van der Waals surface area contributed by atoms with E-state index in [1.54, 1.807) is 0 Å². The number of carbonyl (C=O) groups is 1. The summed E-state index contributed by atoms with van der Waals surface area (Å²) in [4.78, 5) is 15.6. The molecule has 0 atom stereocenters. The molecule has 112 valence electrons. The highest BCUT2D eigenvalue weighted by atomic mass is 32.1. The van der Waals surface area contributed by atoms with Crippen molar-refractivity contribution in [3.05, 3.63) is 57.9 Å². The van der Waals surface area contributed by atoms with E-state index >= 15 is 0 Å². The van der Waals surface area contributed by atoms with Crippen molar-refractivity contribution in [2.45, 2.75) is 20.3 Å². The Labute approximate surface area is 133 Å². The van der Waals surface area contributed by atoms with Crippen molar-refractivity contribution in [1.29, 1.82) is 0 Å². The Hall–Kier alpha value is -2.40. The molecule has 0 aliphatic heterocycles. The van der Waals surface area contributed by atoms with Crippen molar-refractivity contribution in [1.82, 2.24) is 4.98 Å². The van der Waals surface area contributed by atoms with Gasteiger partial charge in [0.2, 0.25) is 5.91 Å². The lowest BCUT2D eigenvalue weighted by molar-refractivity contribution is -0.115. The highest BCUT2D eigenvalue weighted by molar-refractivity contribution is 7.71. The first-order valence-corrected chi connectivity index (χ1v) is 7.42. The molecular formula is C17H16N2O2S. The number of rotatable bonds is 3. The number of fused-ring (bicyclic) bond motifs is 1. The summed E-state index contributed by atoms with van der Waals surface area (Å²) in [5.41, 5.74) is 5.20. The number of hydrogen-bond acceptors (Lipinski definition) is 3. The molecule has 1 heterocycles. The molecule has 0 unspecified atom stereocenters. The van der Waals surface area contributed by atoms with Crippen LogP contribution in [0.1, 0.15) is 16.7 Å². The molecule has 2 aromatic carbocycles. The molecule has 0 radical (unpaired) electrons. The van der Waals surface area contributed by atoms with E-state index in [9.17, 15) is 4.79 Å². The van der Waals surface area contributed by atoms with Gasteiger partial charge in [-0.2, -0.15) is 0 Å². The lowest BCUT2D eigenvalue weighted by Gasteiger charge is -2.12. The van der Waals surface area contributed by atoms with Crippen molar-refractivity contribution in [2.75, 3.05) is 5.32 Å². The molecule has 4 nitrogen and oxygen atoms in total. The van der Waals surface area contributed by atoms with Crippen molar-refractivity contribution in [3.8, 4) is 0 Å². The SMILES string of the molecule is Cc1cc2oc(=S)[nH]c2c(C)c1NC(=O)Cc1ccccc1. The number of nitrogens with one attached hydrogen (secondary N) is 2. The summed E-state index contributed by atoms with van der Waals surface area (Å²) in [6.45, 7) is 3.88. The number of amides is 1. The lowest BCUT2D eigenvalue weighted by Crippen LogP contribution is -2.16. The minimum Gasteiger partial charge on any atom is -0.429 e. The van der Waals surface area contributed by atoms with Gasteiger partial charge in [0.15, 0.2) is 5.58 Å². The Balaban J connectivity index is 1.90. The van der Waals surface area contributed by atoms with Gasteiger partial charge in [-0.3, -0.25) is 4.79 Å². The van der Waals surface area contributed by atoms with Gasteiger partial charge in [-0.05, 0) is 43.3 Å². The molecule has 5 heteroatoms. The van der Waals surface area contributed by atoms with E-state index in [0.29, 0.717) is 16.8 Å². The van der Waals surface area contributed by atoms with E-state index in [0.717, 1.165) is 27.9 Å². The largest absolute Gasteiger partial charge is 0.429 e. The van der Waals surface area contributed by atoms with E-state index in [2.05, 4.69) is 10.3 Å². The summed E-state index contributed by atoms with van der Waals surface area (Å²) in [5.74, 6) is -0.0427. The summed E-state index contributed by atoms with van der Waals surface area (Å²) < 4.78 is 5.43. The van der Waals surface area contributed by atoms with Crippen LogP contribution in [0.2, 0.25) is 0 Å². The summed E-state index contributed by atoms with van der Waals surface area (Å²) in [6.07, 6.45) is 0.346. The molecule has 2 N–H and O–H groups in total. The third-order valence-corrected chi connectivity index (χ3v) is 3.83. The number of aromatic nitrogens is 1. The molecule has 1 aromatic heterocycles. The highest BCUT2D eigenvalue weighted by Gasteiger charge is 2.13.